The molecule has 1 aliphatic heterocycles. The van der Waals surface area contributed by atoms with Crippen LogP contribution in [0, 0.1) is 13.8 Å². The lowest BCUT2D eigenvalue weighted by molar-refractivity contribution is 0.0771. The van der Waals surface area contributed by atoms with Gasteiger partial charge in [-0.25, -0.2) is 8.42 Å². The Kier molecular flexibility index (Phi) is 5.47. The first-order chi connectivity index (χ1) is 14.3. The van der Waals surface area contributed by atoms with Gasteiger partial charge in [-0.15, -0.1) is 0 Å². The summed E-state index contributed by atoms with van der Waals surface area (Å²) in [5.74, 6) is -0.151. The lowest BCUT2D eigenvalue weighted by Crippen LogP contribution is -2.43. The SMILES string of the molecule is Cc1ccc(Cn2cc(C(=O)N3CCS(=O)(=O)CC3)c(-c3ccc(C)cc3)n2)cc1. The first kappa shape index (κ1) is 20.3. The third kappa shape index (κ3) is 4.46. The summed E-state index contributed by atoms with van der Waals surface area (Å²) in [5.41, 5.74) is 5.42. The van der Waals surface area contributed by atoms with Crippen molar-refractivity contribution in [3.8, 4) is 11.3 Å². The zero-order valence-corrected chi connectivity index (χ0v) is 18.0. The largest absolute Gasteiger partial charge is 0.336 e. The van der Waals surface area contributed by atoms with Crippen molar-refractivity contribution < 1.29 is 13.2 Å². The Morgan fingerprint density at radius 1 is 0.933 bits per heavy atom. The van der Waals surface area contributed by atoms with Crippen LogP contribution in [0.5, 0.6) is 0 Å². The molecule has 1 aromatic heterocycles. The fourth-order valence-electron chi connectivity index (χ4n) is 3.55. The number of carbonyl (C=O) groups is 1. The van der Waals surface area contributed by atoms with E-state index in [1.807, 2.05) is 38.1 Å². The third-order valence-electron chi connectivity index (χ3n) is 5.41. The minimum atomic E-state index is -3.05. The number of benzene rings is 2. The van der Waals surface area contributed by atoms with E-state index >= 15 is 0 Å². The predicted octanol–water partition coefficient (Wildman–Crippen LogP) is 3.09. The molecule has 6 nitrogen and oxygen atoms in total. The number of carbonyl (C=O) groups excluding carboxylic acids is 1. The molecular weight excluding hydrogens is 398 g/mol. The van der Waals surface area contributed by atoms with Crippen molar-refractivity contribution in [3.05, 3.63) is 77.0 Å². The summed E-state index contributed by atoms with van der Waals surface area (Å²) < 4.78 is 25.3. The zero-order chi connectivity index (χ0) is 21.3. The van der Waals surface area contributed by atoms with Gasteiger partial charge in [0.25, 0.3) is 5.91 Å². The van der Waals surface area contributed by atoms with Crippen LogP contribution in [-0.2, 0) is 16.4 Å². The summed E-state index contributed by atoms with van der Waals surface area (Å²) in [6, 6.07) is 16.1. The van der Waals surface area contributed by atoms with Gasteiger partial charge in [-0.2, -0.15) is 5.10 Å². The van der Waals surface area contributed by atoms with Gasteiger partial charge in [0, 0.05) is 24.8 Å². The van der Waals surface area contributed by atoms with Crippen molar-refractivity contribution in [1.29, 1.82) is 0 Å². The maximum atomic E-state index is 13.3. The van der Waals surface area contributed by atoms with E-state index in [9.17, 15) is 13.2 Å². The number of nitrogens with zero attached hydrogens (tertiary/aromatic N) is 3. The summed E-state index contributed by atoms with van der Waals surface area (Å²) in [6.07, 6.45) is 1.78. The minimum Gasteiger partial charge on any atom is -0.336 e. The summed E-state index contributed by atoms with van der Waals surface area (Å²) in [4.78, 5) is 14.9. The third-order valence-corrected chi connectivity index (χ3v) is 7.02. The smallest absolute Gasteiger partial charge is 0.257 e. The monoisotopic (exact) mass is 423 g/mol. The van der Waals surface area contributed by atoms with Gasteiger partial charge in [0.05, 0.1) is 23.6 Å². The molecule has 2 aromatic carbocycles. The van der Waals surface area contributed by atoms with Crippen LogP contribution in [0.3, 0.4) is 0 Å². The quantitative estimate of drug-likeness (QED) is 0.647. The van der Waals surface area contributed by atoms with Gasteiger partial charge in [0.15, 0.2) is 9.84 Å². The van der Waals surface area contributed by atoms with Gasteiger partial charge in [-0.3, -0.25) is 9.48 Å². The number of hydrogen-bond acceptors (Lipinski definition) is 4. The average Bonchev–Trinajstić information content (AvgIpc) is 3.13. The van der Waals surface area contributed by atoms with Crippen molar-refractivity contribution >= 4 is 15.7 Å². The first-order valence-electron chi connectivity index (χ1n) is 10.0. The Labute approximate surface area is 177 Å². The molecule has 1 fully saturated rings. The summed E-state index contributed by atoms with van der Waals surface area (Å²) in [5, 5.41) is 4.72. The lowest BCUT2D eigenvalue weighted by atomic mass is 10.1. The Morgan fingerprint density at radius 3 is 2.10 bits per heavy atom. The highest BCUT2D eigenvalue weighted by molar-refractivity contribution is 7.91. The topological polar surface area (TPSA) is 72.3 Å². The normalized spacial score (nSPS) is 15.9. The second-order valence-corrected chi connectivity index (χ2v) is 10.2. The van der Waals surface area contributed by atoms with Gasteiger partial charge in [-0.05, 0) is 19.4 Å². The van der Waals surface area contributed by atoms with Crippen molar-refractivity contribution in [1.82, 2.24) is 14.7 Å². The molecule has 2 heterocycles. The number of amides is 1. The molecule has 30 heavy (non-hydrogen) atoms. The van der Waals surface area contributed by atoms with Crippen molar-refractivity contribution in [3.63, 3.8) is 0 Å². The second kappa shape index (κ2) is 8.07. The van der Waals surface area contributed by atoms with E-state index in [-0.39, 0.29) is 30.5 Å². The standard InChI is InChI=1S/C23H25N3O3S/c1-17-3-7-19(8-4-17)15-26-16-21(22(24-26)20-9-5-18(2)6-10-20)23(27)25-11-13-30(28,29)14-12-25/h3-10,16H,11-15H2,1-2H3. The molecule has 1 amide bonds. The van der Waals surface area contributed by atoms with Gasteiger partial charge < -0.3 is 4.90 Å². The van der Waals surface area contributed by atoms with Crippen molar-refractivity contribution in [2.45, 2.75) is 20.4 Å². The minimum absolute atomic E-state index is 0.0100. The molecule has 4 rings (SSSR count). The first-order valence-corrected chi connectivity index (χ1v) is 11.8. The molecular formula is C23H25N3O3S. The van der Waals surface area contributed by atoms with Crippen LogP contribution < -0.4 is 0 Å². The van der Waals surface area contributed by atoms with E-state index in [0.717, 1.165) is 16.7 Å². The molecule has 3 aromatic rings. The number of aryl methyl sites for hydroxylation is 2. The van der Waals surface area contributed by atoms with Gasteiger partial charge in [-0.1, -0.05) is 59.7 Å². The molecule has 0 atom stereocenters. The lowest BCUT2D eigenvalue weighted by Gasteiger charge is -2.26. The number of hydrogen-bond donors (Lipinski definition) is 0. The van der Waals surface area contributed by atoms with Gasteiger partial charge in [0.1, 0.15) is 5.69 Å². The molecule has 0 spiro atoms. The van der Waals surface area contributed by atoms with E-state index in [1.165, 1.54) is 5.56 Å². The predicted molar refractivity (Wildman–Crippen MR) is 117 cm³/mol. The van der Waals surface area contributed by atoms with Crippen LogP contribution in [0.2, 0.25) is 0 Å². The maximum Gasteiger partial charge on any atom is 0.257 e. The van der Waals surface area contributed by atoms with E-state index in [4.69, 9.17) is 5.10 Å². The molecule has 0 N–H and O–H groups in total. The Bertz CT molecular complexity index is 1150. The van der Waals surface area contributed by atoms with Crippen LogP contribution >= 0.6 is 0 Å². The summed E-state index contributed by atoms with van der Waals surface area (Å²) in [7, 11) is -3.05. The molecule has 7 heteroatoms. The fraction of sp³-hybridized carbons (Fsp3) is 0.304. The summed E-state index contributed by atoms with van der Waals surface area (Å²) in [6.45, 7) is 5.05. The molecule has 0 bridgehead atoms. The number of aromatic nitrogens is 2. The molecule has 0 aliphatic carbocycles. The molecule has 0 unspecified atom stereocenters. The summed E-state index contributed by atoms with van der Waals surface area (Å²) >= 11 is 0. The highest BCUT2D eigenvalue weighted by Crippen LogP contribution is 2.25. The van der Waals surface area contributed by atoms with Crippen molar-refractivity contribution in [2.75, 3.05) is 24.6 Å². The fourth-order valence-corrected chi connectivity index (χ4v) is 4.75. The molecule has 0 radical (unpaired) electrons. The highest BCUT2D eigenvalue weighted by Gasteiger charge is 2.28. The van der Waals surface area contributed by atoms with Crippen LogP contribution in [0.25, 0.3) is 11.3 Å². The second-order valence-electron chi connectivity index (χ2n) is 7.88. The molecule has 1 saturated heterocycles. The highest BCUT2D eigenvalue weighted by atomic mass is 32.2. The number of sulfone groups is 1. The average molecular weight is 424 g/mol. The van der Waals surface area contributed by atoms with Gasteiger partial charge >= 0.3 is 0 Å². The zero-order valence-electron chi connectivity index (χ0n) is 17.2. The van der Waals surface area contributed by atoms with E-state index in [0.29, 0.717) is 17.8 Å². The van der Waals surface area contributed by atoms with E-state index in [2.05, 4.69) is 24.3 Å². The van der Waals surface area contributed by atoms with Crippen LogP contribution in [0.4, 0.5) is 0 Å². The molecule has 0 saturated carbocycles. The van der Waals surface area contributed by atoms with Crippen LogP contribution in [0.1, 0.15) is 27.0 Å². The number of rotatable bonds is 4. The van der Waals surface area contributed by atoms with Gasteiger partial charge in [0.2, 0.25) is 0 Å². The Morgan fingerprint density at radius 2 is 1.50 bits per heavy atom. The van der Waals surface area contributed by atoms with Crippen LogP contribution in [-0.4, -0.2) is 53.6 Å². The van der Waals surface area contributed by atoms with E-state index in [1.54, 1.807) is 15.8 Å². The van der Waals surface area contributed by atoms with Crippen molar-refractivity contribution in [2.24, 2.45) is 0 Å². The Hall–Kier alpha value is -2.93. The van der Waals surface area contributed by atoms with Crippen LogP contribution in [0.15, 0.2) is 54.7 Å². The maximum absolute atomic E-state index is 13.3. The Balaban J connectivity index is 1.68. The molecule has 156 valence electrons. The van der Waals surface area contributed by atoms with E-state index < -0.39 is 9.84 Å². The molecule has 1 aliphatic rings.